The maximum absolute atomic E-state index is 10.8. The van der Waals surface area contributed by atoms with Crippen LogP contribution >= 0.6 is 0 Å². The molecule has 0 aliphatic carbocycles. The molecule has 0 spiro atoms. The number of amides is 1. The highest BCUT2D eigenvalue weighted by molar-refractivity contribution is 5.82. The minimum atomic E-state index is -2.85. The van der Waals surface area contributed by atoms with Gasteiger partial charge in [0.2, 0.25) is 5.79 Å². The van der Waals surface area contributed by atoms with Gasteiger partial charge in [0.1, 0.15) is 0 Å². The van der Waals surface area contributed by atoms with Gasteiger partial charge in [-0.2, -0.15) is 0 Å². The lowest BCUT2D eigenvalue weighted by Crippen LogP contribution is -2.45. The Labute approximate surface area is 80.6 Å². The van der Waals surface area contributed by atoms with E-state index < -0.39 is 30.5 Å². The number of likely N-dealkylation sites (N-methyl/N-ethyl adjacent to an activating group) is 1. The van der Waals surface area contributed by atoms with Crippen LogP contribution in [0.25, 0.3) is 0 Å². The molecule has 0 bridgehead atoms. The van der Waals surface area contributed by atoms with Crippen LogP contribution in [0.4, 0.5) is 0 Å². The molecule has 0 atom stereocenters. The van der Waals surface area contributed by atoms with Gasteiger partial charge in [0.05, 0.1) is 0 Å². The van der Waals surface area contributed by atoms with E-state index in [1.54, 1.807) is 0 Å². The molecule has 0 aliphatic rings. The highest BCUT2D eigenvalue weighted by atomic mass is 16.7. The first kappa shape index (κ1) is 13.3. The van der Waals surface area contributed by atoms with Gasteiger partial charge in [-0.15, -0.1) is 0 Å². The Bertz CT molecular complexity index is 197. The third-order valence-corrected chi connectivity index (χ3v) is 1.63. The maximum atomic E-state index is 10.8. The zero-order valence-corrected chi connectivity index (χ0v) is 7.77. The number of hydrogen-bond donors (Lipinski definition) is 6. The van der Waals surface area contributed by atoms with Gasteiger partial charge in [0, 0.05) is 19.9 Å². The second kappa shape index (κ2) is 4.67. The first-order chi connectivity index (χ1) is 6.19. The van der Waals surface area contributed by atoms with E-state index in [2.05, 4.69) is 0 Å². The van der Waals surface area contributed by atoms with E-state index >= 15 is 0 Å². The van der Waals surface area contributed by atoms with E-state index in [0.29, 0.717) is 0 Å². The van der Waals surface area contributed by atoms with Crippen molar-refractivity contribution in [2.24, 2.45) is 0 Å². The molecule has 0 fully saturated rings. The largest absolute Gasteiger partial charge is 0.358 e. The molecule has 0 rings (SSSR count). The number of rotatable bonds is 5. The summed E-state index contributed by atoms with van der Waals surface area (Å²) in [7, 11) is 1.23. The second-order valence-electron chi connectivity index (χ2n) is 3.02. The number of nitrogens with one attached hydrogen (secondary N) is 1. The van der Waals surface area contributed by atoms with Crippen molar-refractivity contribution in [1.82, 2.24) is 5.32 Å². The average molecular weight is 209 g/mol. The van der Waals surface area contributed by atoms with Crippen LogP contribution in [0.3, 0.4) is 0 Å². The van der Waals surface area contributed by atoms with Crippen molar-refractivity contribution in [3.8, 4) is 0 Å². The van der Waals surface area contributed by atoms with Crippen LogP contribution in [0.15, 0.2) is 0 Å². The lowest BCUT2D eigenvalue weighted by atomic mass is 10.1. The third-order valence-electron chi connectivity index (χ3n) is 1.63. The van der Waals surface area contributed by atoms with Crippen molar-refractivity contribution >= 4 is 5.91 Å². The monoisotopic (exact) mass is 209 g/mol. The van der Waals surface area contributed by atoms with E-state index in [1.165, 1.54) is 7.05 Å². The van der Waals surface area contributed by atoms with Gasteiger partial charge < -0.3 is 30.8 Å². The summed E-state index contributed by atoms with van der Waals surface area (Å²) in [5.41, 5.74) is 0. The summed E-state index contributed by atoms with van der Waals surface area (Å²) in [5.74, 6) is -6.39. The van der Waals surface area contributed by atoms with Crippen LogP contribution in [-0.4, -0.2) is 50.2 Å². The van der Waals surface area contributed by atoms with E-state index in [1.807, 2.05) is 5.32 Å². The molecule has 84 valence electrons. The summed E-state index contributed by atoms with van der Waals surface area (Å²) in [6, 6.07) is 0. The Morgan fingerprint density at radius 2 is 1.64 bits per heavy atom. The molecule has 0 saturated carbocycles. The molecule has 7 nitrogen and oxygen atoms in total. The minimum Gasteiger partial charge on any atom is -0.358 e. The SMILES string of the molecule is CNC(=O)C(O)(O)CCCC(O)(O)O. The molecular formula is C7H15NO6. The van der Waals surface area contributed by atoms with Gasteiger partial charge in [-0.1, -0.05) is 0 Å². The number of carbonyl (C=O) groups is 1. The molecule has 0 aromatic heterocycles. The Kier molecular flexibility index (Phi) is 4.43. The molecule has 0 unspecified atom stereocenters. The summed E-state index contributed by atoms with van der Waals surface area (Å²) in [6.07, 6.45) is -1.02. The summed E-state index contributed by atoms with van der Waals surface area (Å²) in [4.78, 5) is 10.8. The van der Waals surface area contributed by atoms with Crippen molar-refractivity contribution in [3.63, 3.8) is 0 Å². The number of carbonyl (C=O) groups excluding carboxylic acids is 1. The molecule has 0 aliphatic heterocycles. The fourth-order valence-corrected chi connectivity index (χ4v) is 0.886. The van der Waals surface area contributed by atoms with Crippen molar-refractivity contribution < 1.29 is 30.3 Å². The molecule has 7 heteroatoms. The van der Waals surface area contributed by atoms with Crippen molar-refractivity contribution in [2.45, 2.75) is 31.0 Å². The highest BCUT2D eigenvalue weighted by Gasteiger charge is 2.32. The smallest absolute Gasteiger partial charge is 0.279 e. The van der Waals surface area contributed by atoms with Gasteiger partial charge >= 0.3 is 0 Å². The molecule has 0 saturated heterocycles. The van der Waals surface area contributed by atoms with E-state index in [4.69, 9.17) is 25.5 Å². The minimum absolute atomic E-state index is 0.135. The normalized spacial score (nSPS) is 12.7. The first-order valence-electron chi connectivity index (χ1n) is 4.03. The molecule has 0 aromatic carbocycles. The molecule has 14 heavy (non-hydrogen) atoms. The molecule has 6 N–H and O–H groups in total. The van der Waals surface area contributed by atoms with E-state index in [0.717, 1.165) is 0 Å². The van der Waals surface area contributed by atoms with Gasteiger partial charge in [-0.3, -0.25) is 4.79 Å². The van der Waals surface area contributed by atoms with Crippen molar-refractivity contribution in [1.29, 1.82) is 0 Å². The van der Waals surface area contributed by atoms with Gasteiger partial charge in [0.25, 0.3) is 11.9 Å². The van der Waals surface area contributed by atoms with Crippen LogP contribution in [-0.2, 0) is 4.79 Å². The zero-order valence-electron chi connectivity index (χ0n) is 7.77. The van der Waals surface area contributed by atoms with Crippen LogP contribution in [0.2, 0.25) is 0 Å². The molecule has 0 radical (unpaired) electrons. The summed E-state index contributed by atoms with van der Waals surface area (Å²) in [5, 5.41) is 45.6. The van der Waals surface area contributed by atoms with Gasteiger partial charge in [0.15, 0.2) is 0 Å². The van der Waals surface area contributed by atoms with Crippen LogP contribution < -0.4 is 5.32 Å². The number of hydrogen-bond acceptors (Lipinski definition) is 6. The van der Waals surface area contributed by atoms with E-state index in [9.17, 15) is 4.79 Å². The summed E-state index contributed by atoms with van der Waals surface area (Å²) < 4.78 is 0. The molecule has 0 heterocycles. The third kappa shape index (κ3) is 5.10. The Hall–Kier alpha value is -0.730. The zero-order chi connectivity index (χ0) is 11.4. The summed E-state index contributed by atoms with van der Waals surface area (Å²) >= 11 is 0. The molecule has 1 amide bonds. The highest BCUT2D eigenvalue weighted by Crippen LogP contribution is 2.14. The van der Waals surface area contributed by atoms with Crippen LogP contribution in [0.5, 0.6) is 0 Å². The fourth-order valence-electron chi connectivity index (χ4n) is 0.886. The van der Waals surface area contributed by atoms with Crippen molar-refractivity contribution in [3.05, 3.63) is 0 Å². The second-order valence-corrected chi connectivity index (χ2v) is 3.02. The first-order valence-corrected chi connectivity index (χ1v) is 4.03. The topological polar surface area (TPSA) is 130 Å². The Balaban J connectivity index is 3.94. The van der Waals surface area contributed by atoms with Crippen LogP contribution in [0.1, 0.15) is 19.3 Å². The maximum Gasteiger partial charge on any atom is 0.279 e. The van der Waals surface area contributed by atoms with E-state index in [-0.39, 0.29) is 6.42 Å². The Morgan fingerprint density at radius 1 is 1.14 bits per heavy atom. The summed E-state index contributed by atoms with van der Waals surface area (Å²) in [6.45, 7) is 0. The Morgan fingerprint density at radius 3 is 2.00 bits per heavy atom. The average Bonchev–Trinajstić information content (AvgIpc) is 2.00. The fraction of sp³-hybridized carbons (Fsp3) is 0.857. The molecule has 0 aromatic rings. The predicted molar refractivity (Wildman–Crippen MR) is 44.5 cm³/mol. The lowest BCUT2D eigenvalue weighted by molar-refractivity contribution is -0.316. The van der Waals surface area contributed by atoms with Crippen molar-refractivity contribution in [2.75, 3.05) is 7.05 Å². The lowest BCUT2D eigenvalue weighted by Gasteiger charge is -2.20. The van der Waals surface area contributed by atoms with Gasteiger partial charge in [-0.25, -0.2) is 0 Å². The standard InChI is InChI=1S/C7H15NO6/c1-8-5(9)6(10,11)3-2-4-7(12,13)14/h10-14H,2-4H2,1H3,(H,8,9). The number of aliphatic hydroxyl groups is 5. The van der Waals surface area contributed by atoms with Gasteiger partial charge in [-0.05, 0) is 6.42 Å². The quantitative estimate of drug-likeness (QED) is 0.271. The molecular weight excluding hydrogens is 194 g/mol. The predicted octanol–water partition coefficient (Wildman–Crippen LogP) is -2.79. The van der Waals surface area contributed by atoms with Crippen LogP contribution in [0, 0.1) is 0 Å².